The van der Waals surface area contributed by atoms with Crippen LogP contribution in [0, 0.1) is 4.77 Å². The maximum Gasteiger partial charge on any atom is 0.226 e. The van der Waals surface area contributed by atoms with Gasteiger partial charge < -0.3 is 14.8 Å². The molecule has 0 bridgehead atoms. The first-order valence-corrected chi connectivity index (χ1v) is 9.34. The lowest BCUT2D eigenvalue weighted by atomic mass is 10.2. The van der Waals surface area contributed by atoms with Gasteiger partial charge in [-0.05, 0) is 55.5 Å². The van der Waals surface area contributed by atoms with Crippen molar-refractivity contribution in [1.29, 1.82) is 0 Å². The Bertz CT molecular complexity index is 995. The van der Waals surface area contributed by atoms with E-state index < -0.39 is 0 Å². The van der Waals surface area contributed by atoms with E-state index in [0.717, 1.165) is 11.3 Å². The average Bonchev–Trinajstić information content (AvgIpc) is 3.08. The van der Waals surface area contributed by atoms with Gasteiger partial charge in [-0.2, -0.15) is 5.10 Å². The maximum atomic E-state index is 12.3. The lowest BCUT2D eigenvalue weighted by Gasteiger charge is -2.09. The van der Waals surface area contributed by atoms with Crippen molar-refractivity contribution in [2.24, 2.45) is 0 Å². The van der Waals surface area contributed by atoms with E-state index in [1.807, 2.05) is 54.0 Å². The average molecular weight is 398 g/mol. The van der Waals surface area contributed by atoms with Crippen LogP contribution in [-0.4, -0.2) is 34.4 Å². The topological polar surface area (TPSA) is 81.2 Å². The summed E-state index contributed by atoms with van der Waals surface area (Å²) in [4.78, 5) is 12.3. The van der Waals surface area contributed by atoms with Gasteiger partial charge in [-0.3, -0.25) is 14.5 Å². The van der Waals surface area contributed by atoms with E-state index in [-0.39, 0.29) is 12.3 Å². The van der Waals surface area contributed by atoms with Crippen molar-refractivity contribution in [3.05, 3.63) is 53.3 Å². The number of hydrogen-bond donors (Lipinski definition) is 2. The van der Waals surface area contributed by atoms with Crippen molar-refractivity contribution in [2.45, 2.75) is 19.9 Å². The molecule has 0 aliphatic heterocycles. The van der Waals surface area contributed by atoms with E-state index >= 15 is 0 Å². The van der Waals surface area contributed by atoms with Gasteiger partial charge in [-0.1, -0.05) is 6.07 Å². The summed E-state index contributed by atoms with van der Waals surface area (Å²) in [7, 11) is 1.59. The highest BCUT2D eigenvalue weighted by atomic mass is 32.1. The predicted octanol–water partition coefficient (Wildman–Crippen LogP) is 4.04. The maximum absolute atomic E-state index is 12.3. The lowest BCUT2D eigenvalue weighted by Crippen LogP contribution is -2.15. The molecule has 2 N–H and O–H groups in total. The van der Waals surface area contributed by atoms with Crippen LogP contribution in [0.2, 0.25) is 0 Å². The Balaban J connectivity index is 1.68. The molecule has 0 saturated carbocycles. The SMILES string of the molecule is CCOc1ccc(-c2n[nH]c(=S)n2CCC(=O)Nc2cccc(OC)c2)cc1. The van der Waals surface area contributed by atoms with Crippen LogP contribution >= 0.6 is 12.2 Å². The molecule has 146 valence electrons. The highest BCUT2D eigenvalue weighted by Crippen LogP contribution is 2.22. The second-order valence-electron chi connectivity index (χ2n) is 5.99. The largest absolute Gasteiger partial charge is 0.497 e. The minimum absolute atomic E-state index is 0.117. The number of benzene rings is 2. The van der Waals surface area contributed by atoms with Gasteiger partial charge in [0.15, 0.2) is 10.6 Å². The molecule has 0 unspecified atom stereocenters. The molecule has 0 spiro atoms. The Hall–Kier alpha value is -3.13. The zero-order chi connectivity index (χ0) is 19.9. The van der Waals surface area contributed by atoms with E-state index in [1.165, 1.54) is 0 Å². The van der Waals surface area contributed by atoms with Crippen molar-refractivity contribution in [3.63, 3.8) is 0 Å². The molecule has 0 aliphatic rings. The van der Waals surface area contributed by atoms with Gasteiger partial charge in [0, 0.05) is 30.3 Å². The number of nitrogens with zero attached hydrogens (tertiary/aromatic N) is 2. The highest BCUT2D eigenvalue weighted by Gasteiger charge is 2.11. The second-order valence-corrected chi connectivity index (χ2v) is 6.38. The van der Waals surface area contributed by atoms with Crippen LogP contribution in [0.15, 0.2) is 48.5 Å². The van der Waals surface area contributed by atoms with Gasteiger partial charge in [-0.25, -0.2) is 0 Å². The number of nitrogens with one attached hydrogen (secondary N) is 2. The number of methoxy groups -OCH3 is 1. The summed E-state index contributed by atoms with van der Waals surface area (Å²) < 4.78 is 12.9. The highest BCUT2D eigenvalue weighted by molar-refractivity contribution is 7.71. The molecule has 0 atom stereocenters. The monoisotopic (exact) mass is 398 g/mol. The van der Waals surface area contributed by atoms with E-state index in [2.05, 4.69) is 15.5 Å². The van der Waals surface area contributed by atoms with Crippen molar-refractivity contribution in [1.82, 2.24) is 14.8 Å². The number of anilines is 1. The summed E-state index contributed by atoms with van der Waals surface area (Å²) in [6.45, 7) is 2.96. The summed E-state index contributed by atoms with van der Waals surface area (Å²) >= 11 is 5.33. The fourth-order valence-corrected chi connectivity index (χ4v) is 2.97. The Morgan fingerprint density at radius 2 is 2.00 bits per heavy atom. The third-order valence-corrected chi connectivity index (χ3v) is 4.41. The molecule has 8 heteroatoms. The first-order valence-electron chi connectivity index (χ1n) is 8.93. The summed E-state index contributed by atoms with van der Waals surface area (Å²) in [6, 6.07) is 14.8. The van der Waals surface area contributed by atoms with E-state index in [1.54, 1.807) is 13.2 Å². The number of aromatic amines is 1. The van der Waals surface area contributed by atoms with Gasteiger partial charge in [0.25, 0.3) is 0 Å². The third-order valence-electron chi connectivity index (χ3n) is 4.10. The first-order chi connectivity index (χ1) is 13.6. The Morgan fingerprint density at radius 3 is 2.71 bits per heavy atom. The minimum atomic E-state index is -0.117. The van der Waals surface area contributed by atoms with Crippen LogP contribution in [-0.2, 0) is 11.3 Å². The van der Waals surface area contributed by atoms with E-state index in [0.29, 0.717) is 35.2 Å². The minimum Gasteiger partial charge on any atom is -0.497 e. The third kappa shape index (κ3) is 4.77. The smallest absolute Gasteiger partial charge is 0.226 e. The molecule has 0 saturated heterocycles. The Morgan fingerprint density at radius 1 is 1.21 bits per heavy atom. The molecular weight excluding hydrogens is 376 g/mol. The molecule has 0 radical (unpaired) electrons. The zero-order valence-corrected chi connectivity index (χ0v) is 16.6. The molecule has 1 amide bonds. The van der Waals surface area contributed by atoms with Crippen molar-refractivity contribution in [3.8, 4) is 22.9 Å². The quantitative estimate of drug-likeness (QED) is 0.560. The first kappa shape index (κ1) is 19.6. The molecule has 3 aromatic rings. The number of carbonyl (C=O) groups is 1. The second kappa shape index (κ2) is 9.18. The Kier molecular flexibility index (Phi) is 6.44. The standard InChI is InChI=1S/C20H22N4O3S/c1-3-27-16-9-7-14(8-10-16)19-22-23-20(28)24(19)12-11-18(25)21-15-5-4-6-17(13-15)26-2/h4-10,13H,3,11-12H2,1-2H3,(H,21,25)(H,23,28). The van der Waals surface area contributed by atoms with Crippen LogP contribution < -0.4 is 14.8 Å². The summed E-state index contributed by atoms with van der Waals surface area (Å²) in [5.41, 5.74) is 1.58. The molecule has 3 rings (SSSR count). The number of ether oxygens (including phenoxy) is 2. The van der Waals surface area contributed by atoms with Gasteiger partial charge in [0.2, 0.25) is 5.91 Å². The van der Waals surface area contributed by atoms with Crippen molar-refractivity contribution in [2.75, 3.05) is 19.0 Å². The fourth-order valence-electron chi connectivity index (χ4n) is 2.75. The molecular formula is C20H22N4O3S. The molecule has 1 aromatic heterocycles. The van der Waals surface area contributed by atoms with E-state index in [9.17, 15) is 4.79 Å². The van der Waals surface area contributed by atoms with E-state index in [4.69, 9.17) is 21.7 Å². The molecule has 7 nitrogen and oxygen atoms in total. The molecule has 28 heavy (non-hydrogen) atoms. The molecule has 1 heterocycles. The van der Waals surface area contributed by atoms with Gasteiger partial charge in [0.1, 0.15) is 11.5 Å². The number of rotatable bonds is 8. The van der Waals surface area contributed by atoms with Crippen molar-refractivity contribution >= 4 is 23.8 Å². The molecule has 0 aliphatic carbocycles. The van der Waals surface area contributed by atoms with Gasteiger partial charge in [-0.15, -0.1) is 0 Å². The summed E-state index contributed by atoms with van der Waals surface area (Å²) in [5.74, 6) is 2.05. The summed E-state index contributed by atoms with van der Waals surface area (Å²) in [5, 5.41) is 9.97. The number of amides is 1. The Labute approximate surface area is 168 Å². The zero-order valence-electron chi connectivity index (χ0n) is 15.8. The number of carbonyl (C=O) groups excluding carboxylic acids is 1. The predicted molar refractivity (Wildman–Crippen MR) is 110 cm³/mol. The van der Waals surface area contributed by atoms with Gasteiger partial charge in [0.05, 0.1) is 13.7 Å². The van der Waals surface area contributed by atoms with Crippen LogP contribution in [0.3, 0.4) is 0 Å². The fraction of sp³-hybridized carbons (Fsp3) is 0.250. The van der Waals surface area contributed by atoms with Crippen LogP contribution in [0.1, 0.15) is 13.3 Å². The number of aromatic nitrogens is 3. The number of hydrogen-bond acceptors (Lipinski definition) is 5. The molecule has 0 fully saturated rings. The normalized spacial score (nSPS) is 10.5. The molecule has 2 aromatic carbocycles. The summed E-state index contributed by atoms with van der Waals surface area (Å²) in [6.07, 6.45) is 0.259. The van der Waals surface area contributed by atoms with Crippen LogP contribution in [0.25, 0.3) is 11.4 Å². The lowest BCUT2D eigenvalue weighted by molar-refractivity contribution is -0.116. The van der Waals surface area contributed by atoms with Crippen LogP contribution in [0.5, 0.6) is 11.5 Å². The van der Waals surface area contributed by atoms with Crippen molar-refractivity contribution < 1.29 is 14.3 Å². The number of H-pyrrole nitrogens is 1. The van der Waals surface area contributed by atoms with Gasteiger partial charge >= 0.3 is 0 Å². The van der Waals surface area contributed by atoms with Crippen LogP contribution in [0.4, 0.5) is 5.69 Å².